The summed E-state index contributed by atoms with van der Waals surface area (Å²) in [5.41, 5.74) is 0. The Bertz CT molecular complexity index is 548. The Kier molecular flexibility index (Phi) is 8.42. The van der Waals surface area contributed by atoms with Crippen molar-refractivity contribution in [2.75, 3.05) is 2.43 Å². The third-order valence-electron chi connectivity index (χ3n) is 3.04. The van der Waals surface area contributed by atoms with Crippen LogP contribution < -0.4 is 15.9 Å². The topological polar surface area (TPSA) is 0 Å². The molecule has 0 unspecified atom stereocenters. The highest BCUT2D eigenvalue weighted by atomic mass is 127. The van der Waals surface area contributed by atoms with Crippen molar-refractivity contribution < 1.29 is 0 Å². The summed E-state index contributed by atoms with van der Waals surface area (Å²) in [6.45, 7) is 0. The zero-order chi connectivity index (χ0) is 15.6. The molecule has 3 aromatic carbocycles. The second kappa shape index (κ2) is 10.3. The van der Waals surface area contributed by atoms with Crippen LogP contribution in [0.4, 0.5) is 0 Å². The van der Waals surface area contributed by atoms with Crippen molar-refractivity contribution in [2.45, 2.75) is 0 Å². The summed E-state index contributed by atoms with van der Waals surface area (Å²) in [5.74, 6) is 0. The molecule has 0 aliphatic carbocycles. The van der Waals surface area contributed by atoms with Crippen LogP contribution in [0.25, 0.3) is 0 Å². The quantitative estimate of drug-likeness (QED) is 0.247. The van der Waals surface area contributed by atoms with Crippen LogP contribution >= 0.6 is 53.1 Å². The van der Waals surface area contributed by atoms with Gasteiger partial charge in [-0.1, -0.05) is 136 Å². The fourth-order valence-corrected chi connectivity index (χ4v) is 4.48. The second-order valence-electron chi connectivity index (χ2n) is 4.44. The minimum Gasteiger partial charge on any atom is -0.0748 e. The summed E-state index contributed by atoms with van der Waals surface area (Å²) >= 11 is 4.55. The molecule has 0 saturated carbocycles. The SMILES string of the molecule is ICI.c1ccc(P(c2ccccc2)c2ccccc2)cc1. The maximum Gasteiger partial charge on any atom is 0.0516 e. The molecular weight excluding hydrogens is 513 g/mol. The predicted octanol–water partition coefficient (Wildman–Crippen LogP) is 5.26. The molecule has 0 nitrogen and oxygen atoms in total. The standard InChI is InChI=1S/C18H15P.CH2I2/c1-4-10-16(11-5-1)19(17-12-6-2-7-13-17)18-14-8-3-9-15-18;2-1-3/h1-15H;1H2. The zero-order valence-electron chi connectivity index (χ0n) is 12.1. The highest BCUT2D eigenvalue weighted by Gasteiger charge is 2.14. The monoisotopic (exact) mass is 530 g/mol. The van der Waals surface area contributed by atoms with Gasteiger partial charge in [-0.25, -0.2) is 0 Å². The van der Waals surface area contributed by atoms with Crippen LogP contribution in [-0.2, 0) is 0 Å². The molecule has 0 spiro atoms. The van der Waals surface area contributed by atoms with Gasteiger partial charge < -0.3 is 0 Å². The summed E-state index contributed by atoms with van der Waals surface area (Å²) in [7, 11) is -0.446. The molecule has 3 rings (SSSR count). The lowest BCUT2D eigenvalue weighted by molar-refractivity contribution is 1.74. The largest absolute Gasteiger partial charge is 0.0748 e. The Morgan fingerprint density at radius 1 is 0.500 bits per heavy atom. The first-order chi connectivity index (χ1) is 10.9. The van der Waals surface area contributed by atoms with E-state index in [0.717, 1.165) is 0 Å². The Balaban J connectivity index is 0.000000545. The molecule has 0 bridgehead atoms. The Morgan fingerprint density at radius 2 is 0.727 bits per heavy atom. The predicted molar refractivity (Wildman–Crippen MR) is 118 cm³/mol. The number of alkyl halides is 2. The molecule has 22 heavy (non-hydrogen) atoms. The highest BCUT2D eigenvalue weighted by molar-refractivity contribution is 14.2. The number of halogens is 2. The summed E-state index contributed by atoms with van der Waals surface area (Å²) in [6, 6.07) is 32.3. The third-order valence-corrected chi connectivity index (χ3v) is 5.49. The molecular formula is C19H17I2P. The number of benzene rings is 3. The van der Waals surface area contributed by atoms with Crippen molar-refractivity contribution in [2.24, 2.45) is 0 Å². The molecule has 0 saturated heterocycles. The van der Waals surface area contributed by atoms with Crippen LogP contribution in [-0.4, -0.2) is 2.43 Å². The van der Waals surface area contributed by atoms with E-state index in [-0.39, 0.29) is 0 Å². The van der Waals surface area contributed by atoms with E-state index < -0.39 is 7.92 Å². The summed E-state index contributed by atoms with van der Waals surface area (Å²) < 4.78 is 1.19. The summed E-state index contributed by atoms with van der Waals surface area (Å²) in [4.78, 5) is 0. The molecule has 112 valence electrons. The summed E-state index contributed by atoms with van der Waals surface area (Å²) in [5, 5.41) is 4.19. The van der Waals surface area contributed by atoms with Crippen LogP contribution in [0.15, 0.2) is 91.0 Å². The summed E-state index contributed by atoms with van der Waals surface area (Å²) in [6.07, 6.45) is 0. The fraction of sp³-hybridized carbons (Fsp3) is 0.0526. The normalized spacial score (nSPS) is 9.95. The van der Waals surface area contributed by atoms with Crippen molar-refractivity contribution in [3.05, 3.63) is 91.0 Å². The van der Waals surface area contributed by atoms with Gasteiger partial charge in [0, 0.05) is 0 Å². The van der Waals surface area contributed by atoms with E-state index in [1.807, 2.05) is 0 Å². The van der Waals surface area contributed by atoms with Crippen molar-refractivity contribution in [1.29, 1.82) is 0 Å². The maximum atomic E-state index is 2.28. The van der Waals surface area contributed by atoms with Gasteiger partial charge in [0.15, 0.2) is 0 Å². The minimum atomic E-state index is -0.446. The lowest BCUT2D eigenvalue weighted by Gasteiger charge is -2.18. The maximum absolute atomic E-state index is 2.28. The number of hydrogen-bond donors (Lipinski definition) is 0. The fourth-order valence-electron chi connectivity index (χ4n) is 2.18. The Labute approximate surface area is 161 Å². The Hall–Kier alpha value is -0.450. The first-order valence-corrected chi connectivity index (χ1v) is 11.3. The van der Waals surface area contributed by atoms with E-state index in [1.165, 1.54) is 18.3 Å². The van der Waals surface area contributed by atoms with Crippen molar-refractivity contribution in [1.82, 2.24) is 0 Å². The van der Waals surface area contributed by atoms with Crippen molar-refractivity contribution in [3.63, 3.8) is 0 Å². The van der Waals surface area contributed by atoms with Crippen LogP contribution in [0, 0.1) is 0 Å². The van der Waals surface area contributed by atoms with E-state index in [2.05, 4.69) is 136 Å². The third kappa shape index (κ3) is 5.32. The van der Waals surface area contributed by atoms with Gasteiger partial charge in [0.05, 0.1) is 2.43 Å². The number of rotatable bonds is 3. The molecule has 3 heteroatoms. The van der Waals surface area contributed by atoms with Crippen LogP contribution in [0.2, 0.25) is 0 Å². The first-order valence-electron chi connectivity index (χ1n) is 6.94. The van der Waals surface area contributed by atoms with Crippen LogP contribution in [0.3, 0.4) is 0 Å². The molecule has 0 amide bonds. The lowest BCUT2D eigenvalue weighted by Crippen LogP contribution is -2.20. The van der Waals surface area contributed by atoms with Crippen LogP contribution in [0.1, 0.15) is 0 Å². The van der Waals surface area contributed by atoms with Gasteiger partial charge in [-0.15, -0.1) is 0 Å². The van der Waals surface area contributed by atoms with Gasteiger partial charge in [0.1, 0.15) is 0 Å². The first kappa shape index (κ1) is 17.9. The highest BCUT2D eigenvalue weighted by Crippen LogP contribution is 2.32. The van der Waals surface area contributed by atoms with E-state index in [4.69, 9.17) is 0 Å². The molecule has 0 aliphatic rings. The minimum absolute atomic E-state index is 0.446. The molecule has 0 aromatic heterocycles. The molecule has 0 heterocycles. The number of hydrogen-bond acceptors (Lipinski definition) is 0. The van der Waals surface area contributed by atoms with Gasteiger partial charge >= 0.3 is 0 Å². The second-order valence-corrected chi connectivity index (χ2v) is 11.1. The molecule has 0 N–H and O–H groups in total. The van der Waals surface area contributed by atoms with E-state index >= 15 is 0 Å². The molecule has 0 aliphatic heterocycles. The Morgan fingerprint density at radius 3 is 0.955 bits per heavy atom. The van der Waals surface area contributed by atoms with Gasteiger partial charge in [0.25, 0.3) is 0 Å². The average Bonchev–Trinajstić information content (AvgIpc) is 2.59. The average molecular weight is 530 g/mol. The van der Waals surface area contributed by atoms with Gasteiger partial charge in [0.2, 0.25) is 0 Å². The van der Waals surface area contributed by atoms with Crippen LogP contribution in [0.5, 0.6) is 0 Å². The molecule has 3 aromatic rings. The van der Waals surface area contributed by atoms with E-state index in [0.29, 0.717) is 0 Å². The molecule has 0 atom stereocenters. The van der Waals surface area contributed by atoms with Crippen molar-refractivity contribution >= 4 is 69.0 Å². The smallest absolute Gasteiger partial charge is 0.0516 e. The molecule has 0 fully saturated rings. The van der Waals surface area contributed by atoms with Crippen molar-refractivity contribution in [3.8, 4) is 0 Å². The van der Waals surface area contributed by atoms with Gasteiger partial charge in [-0.2, -0.15) is 0 Å². The van der Waals surface area contributed by atoms with E-state index in [9.17, 15) is 0 Å². The lowest BCUT2D eigenvalue weighted by atomic mass is 10.4. The zero-order valence-corrected chi connectivity index (χ0v) is 17.3. The van der Waals surface area contributed by atoms with Gasteiger partial charge in [-0.05, 0) is 23.8 Å². The van der Waals surface area contributed by atoms with E-state index in [1.54, 1.807) is 0 Å². The van der Waals surface area contributed by atoms with Gasteiger partial charge in [-0.3, -0.25) is 0 Å². The molecule has 0 radical (unpaired) electrons.